The maximum atomic E-state index is 14.2. The Morgan fingerprint density at radius 2 is 1.83 bits per heavy atom. The first-order valence-corrected chi connectivity index (χ1v) is 14.7. The maximum Gasteiger partial charge on any atom is 0.305 e. The minimum absolute atomic E-state index is 0.0439. The van der Waals surface area contributed by atoms with Crippen LogP contribution in [0.5, 0.6) is 0 Å². The van der Waals surface area contributed by atoms with Crippen molar-refractivity contribution in [1.29, 1.82) is 0 Å². The number of nitrogens with one attached hydrogen (secondary N) is 1. The molecule has 2 amide bonds. The Balaban J connectivity index is 1.68. The van der Waals surface area contributed by atoms with E-state index in [1.165, 1.54) is 12.1 Å². The van der Waals surface area contributed by atoms with Gasteiger partial charge in [-0.15, -0.1) is 0 Å². The summed E-state index contributed by atoms with van der Waals surface area (Å²) in [5.74, 6) is -1.57. The average molecular weight is 584 g/mol. The van der Waals surface area contributed by atoms with Gasteiger partial charge in [-0.1, -0.05) is 57.8 Å². The number of carboxylic acids is 1. The van der Waals surface area contributed by atoms with Crippen molar-refractivity contribution in [2.75, 3.05) is 6.54 Å². The Morgan fingerprint density at radius 1 is 1.17 bits per heavy atom. The van der Waals surface area contributed by atoms with Crippen molar-refractivity contribution >= 4 is 35.1 Å². The molecule has 41 heavy (non-hydrogen) atoms. The highest BCUT2D eigenvalue weighted by atomic mass is 35.5. The van der Waals surface area contributed by atoms with Gasteiger partial charge >= 0.3 is 5.97 Å². The molecule has 0 bridgehead atoms. The lowest BCUT2D eigenvalue weighted by atomic mass is 9.69. The van der Waals surface area contributed by atoms with Gasteiger partial charge < -0.3 is 15.3 Å². The summed E-state index contributed by atoms with van der Waals surface area (Å²) in [5.41, 5.74) is 1.55. The number of carbonyl (C=O) groups is 3. The van der Waals surface area contributed by atoms with Crippen LogP contribution >= 0.6 is 11.6 Å². The molecule has 1 aliphatic carbocycles. The lowest BCUT2D eigenvalue weighted by Gasteiger charge is -2.47. The fourth-order valence-electron chi connectivity index (χ4n) is 6.13. The number of nitrogens with zero attached hydrogens (tertiary/aromatic N) is 2. The highest BCUT2D eigenvalue weighted by Crippen LogP contribution is 2.50. The Bertz CT molecular complexity index is 1330. The van der Waals surface area contributed by atoms with Crippen LogP contribution in [0.4, 0.5) is 4.39 Å². The second-order valence-electron chi connectivity index (χ2n) is 12.2. The molecule has 1 fully saturated rings. The van der Waals surface area contributed by atoms with E-state index in [0.29, 0.717) is 29.2 Å². The number of hydrogen-bond donors (Lipinski definition) is 2. The summed E-state index contributed by atoms with van der Waals surface area (Å²) in [6.45, 7) is 8.87. The molecule has 0 saturated heterocycles. The standard InChI is InChI=1S/C32H39ClFN3O4/c1-5-6-26(20-7-9-21(10-8-20)29(40)35-18-15-27(38)39)37-30(41)28(22-11-12-25(34)24(33)19-22)36-32(37)16-13-23(14-17-32)31(2,3)4/h7-12,19,23,26H,5-6,13-18H2,1-4H3,(H,35,40)(H,38,39)/t23?,26-,32?/m1/s1. The van der Waals surface area contributed by atoms with Crippen molar-refractivity contribution in [3.63, 3.8) is 0 Å². The van der Waals surface area contributed by atoms with Gasteiger partial charge in [0.25, 0.3) is 11.8 Å². The van der Waals surface area contributed by atoms with Crippen molar-refractivity contribution in [2.24, 2.45) is 16.3 Å². The summed E-state index contributed by atoms with van der Waals surface area (Å²) in [6, 6.07) is 11.2. The second-order valence-corrected chi connectivity index (χ2v) is 12.6. The number of aliphatic imine (C=N–C) groups is 1. The molecular weight excluding hydrogens is 545 g/mol. The predicted molar refractivity (Wildman–Crippen MR) is 158 cm³/mol. The van der Waals surface area contributed by atoms with E-state index < -0.39 is 17.4 Å². The van der Waals surface area contributed by atoms with Gasteiger partial charge in [-0.05, 0) is 79.3 Å². The zero-order chi connectivity index (χ0) is 29.9. The molecule has 1 heterocycles. The number of hydrogen-bond acceptors (Lipinski definition) is 4. The molecule has 1 spiro atoms. The van der Waals surface area contributed by atoms with Gasteiger partial charge in [0.2, 0.25) is 0 Å². The van der Waals surface area contributed by atoms with Crippen LogP contribution in [-0.4, -0.2) is 45.7 Å². The van der Waals surface area contributed by atoms with Crippen molar-refractivity contribution in [3.05, 3.63) is 70.0 Å². The van der Waals surface area contributed by atoms with E-state index in [9.17, 15) is 18.8 Å². The van der Waals surface area contributed by atoms with Crippen molar-refractivity contribution in [1.82, 2.24) is 10.2 Å². The molecule has 0 aromatic heterocycles. The summed E-state index contributed by atoms with van der Waals surface area (Å²) >= 11 is 6.10. The van der Waals surface area contributed by atoms with E-state index in [0.717, 1.165) is 37.7 Å². The first-order chi connectivity index (χ1) is 19.4. The van der Waals surface area contributed by atoms with Gasteiger partial charge in [0, 0.05) is 17.7 Å². The summed E-state index contributed by atoms with van der Waals surface area (Å²) in [4.78, 5) is 44.6. The van der Waals surface area contributed by atoms with Gasteiger partial charge in [-0.2, -0.15) is 0 Å². The third-order valence-corrected chi connectivity index (χ3v) is 8.74. The third kappa shape index (κ3) is 6.64. The average Bonchev–Trinajstić information content (AvgIpc) is 3.19. The Morgan fingerprint density at radius 3 is 2.39 bits per heavy atom. The molecule has 1 saturated carbocycles. The number of carboxylic acid groups (broad SMARTS) is 1. The summed E-state index contributed by atoms with van der Waals surface area (Å²) in [6.07, 6.45) is 4.69. The monoisotopic (exact) mass is 583 g/mol. The van der Waals surface area contributed by atoms with Gasteiger partial charge in [0.05, 0.1) is 17.5 Å². The number of amides is 2. The fraction of sp³-hybridized carbons (Fsp3) is 0.500. The zero-order valence-corrected chi connectivity index (χ0v) is 24.9. The normalized spacial score (nSPS) is 21.6. The van der Waals surface area contributed by atoms with E-state index in [2.05, 4.69) is 33.0 Å². The summed E-state index contributed by atoms with van der Waals surface area (Å²) in [5, 5.41) is 11.4. The molecule has 2 aromatic rings. The number of benzene rings is 2. The van der Waals surface area contributed by atoms with E-state index in [1.807, 2.05) is 17.0 Å². The number of halogens is 2. The highest BCUT2D eigenvalue weighted by molar-refractivity contribution is 6.47. The predicted octanol–water partition coefficient (Wildman–Crippen LogP) is 6.79. The van der Waals surface area contributed by atoms with Gasteiger partial charge in [-0.25, -0.2) is 4.39 Å². The smallest absolute Gasteiger partial charge is 0.305 e. The molecule has 9 heteroatoms. The van der Waals surface area contributed by atoms with Crippen LogP contribution < -0.4 is 5.32 Å². The molecule has 0 radical (unpaired) electrons. The van der Waals surface area contributed by atoms with E-state index in [-0.39, 0.29) is 41.3 Å². The van der Waals surface area contributed by atoms with Gasteiger partial charge in [0.15, 0.2) is 0 Å². The fourth-order valence-corrected chi connectivity index (χ4v) is 6.32. The van der Waals surface area contributed by atoms with Crippen LogP contribution in [0.15, 0.2) is 47.5 Å². The van der Waals surface area contributed by atoms with Crippen LogP contribution in [0, 0.1) is 17.2 Å². The van der Waals surface area contributed by atoms with Crippen molar-refractivity contribution in [2.45, 2.75) is 84.3 Å². The number of carbonyl (C=O) groups excluding carboxylic acids is 2. The highest BCUT2D eigenvalue weighted by Gasteiger charge is 2.52. The van der Waals surface area contributed by atoms with E-state index >= 15 is 0 Å². The molecule has 1 atom stereocenters. The van der Waals surface area contributed by atoms with Crippen molar-refractivity contribution < 1.29 is 23.9 Å². The van der Waals surface area contributed by atoms with E-state index in [1.54, 1.807) is 18.2 Å². The largest absolute Gasteiger partial charge is 0.481 e. The molecule has 2 aliphatic rings. The molecule has 1 aliphatic heterocycles. The summed E-state index contributed by atoms with van der Waals surface area (Å²) in [7, 11) is 0. The van der Waals surface area contributed by atoms with Crippen LogP contribution in [0.3, 0.4) is 0 Å². The van der Waals surface area contributed by atoms with Crippen LogP contribution in [0.1, 0.15) is 100 Å². The molecule has 2 N–H and O–H groups in total. The lowest BCUT2D eigenvalue weighted by Crippen LogP contribution is -2.51. The minimum atomic E-state index is -0.978. The van der Waals surface area contributed by atoms with Crippen LogP contribution in [0.2, 0.25) is 5.02 Å². The Labute approximate surface area is 246 Å². The van der Waals surface area contributed by atoms with Gasteiger partial charge in [0.1, 0.15) is 17.2 Å². The molecule has 220 valence electrons. The molecular formula is C32H39ClFN3O4. The van der Waals surface area contributed by atoms with Crippen LogP contribution in [0.25, 0.3) is 0 Å². The maximum absolute atomic E-state index is 14.2. The Hall–Kier alpha value is -3.26. The first-order valence-electron chi connectivity index (χ1n) is 14.3. The number of aliphatic carboxylic acids is 1. The molecule has 4 rings (SSSR count). The SMILES string of the molecule is CCC[C@H](c1ccc(C(=O)NCCC(=O)O)cc1)N1C(=O)C(c2ccc(F)c(Cl)c2)=NC12CCC(C(C)(C)C)CC2. The summed E-state index contributed by atoms with van der Waals surface area (Å²) < 4.78 is 14.0. The second kappa shape index (κ2) is 12.3. The molecule has 2 aromatic carbocycles. The zero-order valence-electron chi connectivity index (χ0n) is 24.2. The molecule has 7 nitrogen and oxygen atoms in total. The third-order valence-electron chi connectivity index (χ3n) is 8.45. The number of rotatable bonds is 9. The van der Waals surface area contributed by atoms with E-state index in [4.69, 9.17) is 21.7 Å². The molecule has 0 unspecified atom stereocenters. The minimum Gasteiger partial charge on any atom is -0.481 e. The quantitative estimate of drug-likeness (QED) is 0.339. The van der Waals surface area contributed by atoms with Crippen molar-refractivity contribution in [3.8, 4) is 0 Å². The Kier molecular flexibility index (Phi) is 9.22. The van der Waals surface area contributed by atoms with Crippen LogP contribution in [-0.2, 0) is 9.59 Å². The first kappa shape index (κ1) is 30.7. The van der Waals surface area contributed by atoms with Gasteiger partial charge in [-0.3, -0.25) is 19.4 Å². The topological polar surface area (TPSA) is 99.1 Å². The lowest BCUT2D eigenvalue weighted by molar-refractivity contribution is -0.137.